The van der Waals surface area contributed by atoms with Crippen molar-refractivity contribution >= 4 is 17.2 Å². The van der Waals surface area contributed by atoms with Gasteiger partial charge in [0.25, 0.3) is 0 Å². The number of ether oxygens (including phenoxy) is 1. The topological polar surface area (TPSA) is 34.5 Å². The maximum absolute atomic E-state index is 5.20. The molecule has 2 heterocycles. The average molecular weight is 154 g/mol. The fraction of sp³-hybridized carbons (Fsp3) is 0.333. The molecule has 0 bridgehead atoms. The number of hydrogen-bond acceptors (Lipinski definition) is 4. The average Bonchev–Trinajstić information content (AvgIpc) is 2.59. The Morgan fingerprint density at radius 3 is 3.20 bits per heavy atom. The van der Waals surface area contributed by atoms with Crippen molar-refractivity contribution in [3.05, 3.63) is 16.6 Å². The molecular formula is C6H6N2OS. The van der Waals surface area contributed by atoms with Gasteiger partial charge >= 0.3 is 0 Å². The summed E-state index contributed by atoms with van der Waals surface area (Å²) in [4.78, 5) is 8.18. The van der Waals surface area contributed by atoms with Crippen LogP contribution in [0.3, 0.4) is 0 Å². The van der Waals surface area contributed by atoms with Gasteiger partial charge in [0, 0.05) is 11.6 Å². The summed E-state index contributed by atoms with van der Waals surface area (Å²) in [6, 6.07) is 0. The first-order chi connectivity index (χ1) is 4.97. The van der Waals surface area contributed by atoms with Crippen molar-refractivity contribution in [2.75, 3.05) is 13.2 Å². The first-order valence-corrected chi connectivity index (χ1v) is 3.92. The molecule has 0 N–H and O–H groups in total. The van der Waals surface area contributed by atoms with Crippen LogP contribution in [0.1, 0.15) is 5.01 Å². The third-order valence-electron chi connectivity index (χ3n) is 1.20. The van der Waals surface area contributed by atoms with E-state index in [4.69, 9.17) is 4.74 Å². The second kappa shape index (κ2) is 2.38. The van der Waals surface area contributed by atoms with E-state index in [-0.39, 0.29) is 0 Å². The molecule has 1 aromatic heterocycles. The molecule has 0 radical (unpaired) electrons. The van der Waals surface area contributed by atoms with E-state index in [1.807, 2.05) is 5.38 Å². The van der Waals surface area contributed by atoms with Crippen LogP contribution in [0.5, 0.6) is 0 Å². The number of aliphatic imine (C=N–C) groups is 1. The largest absolute Gasteiger partial charge is 0.474 e. The van der Waals surface area contributed by atoms with Crippen LogP contribution < -0.4 is 0 Å². The molecule has 1 aromatic rings. The Morgan fingerprint density at radius 2 is 2.60 bits per heavy atom. The highest BCUT2D eigenvalue weighted by Gasteiger charge is 2.11. The van der Waals surface area contributed by atoms with Gasteiger partial charge in [-0.2, -0.15) is 0 Å². The van der Waals surface area contributed by atoms with Crippen LogP contribution >= 0.6 is 11.3 Å². The van der Waals surface area contributed by atoms with E-state index >= 15 is 0 Å². The monoisotopic (exact) mass is 154 g/mol. The van der Waals surface area contributed by atoms with E-state index in [9.17, 15) is 0 Å². The molecule has 3 nitrogen and oxygen atoms in total. The van der Waals surface area contributed by atoms with Gasteiger partial charge in [-0.3, -0.25) is 0 Å². The molecule has 1 aliphatic rings. The highest BCUT2D eigenvalue weighted by Crippen LogP contribution is 2.09. The minimum absolute atomic E-state index is 0.703. The molecule has 4 heteroatoms. The smallest absolute Gasteiger partial charge is 0.246 e. The highest BCUT2D eigenvalue weighted by atomic mass is 32.1. The first kappa shape index (κ1) is 5.85. The molecule has 0 aliphatic carbocycles. The number of hydrogen-bond donors (Lipinski definition) is 0. The van der Waals surface area contributed by atoms with Gasteiger partial charge in [0.15, 0.2) is 5.01 Å². The van der Waals surface area contributed by atoms with Gasteiger partial charge in [-0.1, -0.05) is 0 Å². The lowest BCUT2D eigenvalue weighted by Gasteiger charge is -1.93. The predicted octanol–water partition coefficient (Wildman–Crippen LogP) is 0.920. The van der Waals surface area contributed by atoms with Crippen molar-refractivity contribution < 1.29 is 4.74 Å². The summed E-state index contributed by atoms with van der Waals surface area (Å²) >= 11 is 1.55. The molecule has 0 atom stereocenters. The third kappa shape index (κ3) is 0.903. The zero-order chi connectivity index (χ0) is 6.81. The van der Waals surface area contributed by atoms with Crippen molar-refractivity contribution in [2.24, 2.45) is 4.99 Å². The predicted molar refractivity (Wildman–Crippen MR) is 39.5 cm³/mol. The number of nitrogens with zero attached hydrogens (tertiary/aromatic N) is 2. The molecule has 0 spiro atoms. The van der Waals surface area contributed by atoms with Crippen LogP contribution in [0.15, 0.2) is 16.6 Å². The Bertz CT molecular complexity index is 242. The van der Waals surface area contributed by atoms with Crippen LogP contribution in [0, 0.1) is 0 Å². The Kier molecular flexibility index (Phi) is 1.39. The molecule has 0 saturated carbocycles. The van der Waals surface area contributed by atoms with Crippen molar-refractivity contribution in [3.63, 3.8) is 0 Å². The lowest BCUT2D eigenvalue weighted by molar-refractivity contribution is 0.348. The quantitative estimate of drug-likeness (QED) is 0.602. The van der Waals surface area contributed by atoms with E-state index < -0.39 is 0 Å². The van der Waals surface area contributed by atoms with Crippen LogP contribution in [0.25, 0.3) is 0 Å². The number of thiazole rings is 1. The number of aromatic nitrogens is 1. The van der Waals surface area contributed by atoms with Crippen LogP contribution in [0.2, 0.25) is 0 Å². The van der Waals surface area contributed by atoms with E-state index in [2.05, 4.69) is 9.98 Å². The summed E-state index contributed by atoms with van der Waals surface area (Å²) in [6.07, 6.45) is 1.75. The standard InChI is InChI=1S/C6H6N2OS/c1-3-9-5(7-1)6-8-2-4-10-6/h2,4H,1,3H2. The fourth-order valence-electron chi connectivity index (χ4n) is 0.794. The van der Waals surface area contributed by atoms with Crippen molar-refractivity contribution in [1.29, 1.82) is 0 Å². The number of rotatable bonds is 1. The van der Waals surface area contributed by atoms with Crippen molar-refractivity contribution in [3.8, 4) is 0 Å². The molecule has 1 aliphatic heterocycles. The van der Waals surface area contributed by atoms with Gasteiger partial charge < -0.3 is 4.74 Å². The van der Waals surface area contributed by atoms with Crippen molar-refractivity contribution in [1.82, 2.24) is 4.98 Å². The van der Waals surface area contributed by atoms with Gasteiger partial charge in [-0.05, 0) is 0 Å². The molecule has 52 valence electrons. The maximum atomic E-state index is 5.20. The summed E-state index contributed by atoms with van der Waals surface area (Å²) in [6.45, 7) is 1.48. The molecule has 0 saturated heterocycles. The van der Waals surface area contributed by atoms with Gasteiger partial charge in [0.1, 0.15) is 6.61 Å². The molecule has 0 amide bonds. The molecular weight excluding hydrogens is 148 g/mol. The van der Waals surface area contributed by atoms with E-state index in [0.717, 1.165) is 11.6 Å². The summed E-state index contributed by atoms with van der Waals surface area (Å²) in [5, 5.41) is 2.80. The second-order valence-electron chi connectivity index (χ2n) is 1.87. The lowest BCUT2D eigenvalue weighted by atomic mass is 10.7. The molecule has 0 aromatic carbocycles. The van der Waals surface area contributed by atoms with Crippen LogP contribution in [0.4, 0.5) is 0 Å². The van der Waals surface area contributed by atoms with E-state index in [0.29, 0.717) is 12.5 Å². The van der Waals surface area contributed by atoms with Gasteiger partial charge in [0.2, 0.25) is 5.90 Å². The summed E-state index contributed by atoms with van der Waals surface area (Å²) in [5.74, 6) is 0.704. The van der Waals surface area contributed by atoms with Crippen molar-refractivity contribution in [2.45, 2.75) is 0 Å². The minimum atomic E-state index is 0.703. The van der Waals surface area contributed by atoms with Crippen LogP contribution in [-0.2, 0) is 4.74 Å². The Balaban J connectivity index is 2.28. The zero-order valence-electron chi connectivity index (χ0n) is 5.28. The zero-order valence-corrected chi connectivity index (χ0v) is 6.10. The Morgan fingerprint density at radius 1 is 1.60 bits per heavy atom. The molecule has 2 rings (SSSR count). The SMILES string of the molecule is c1csc(C2=NCCO2)n1. The lowest BCUT2D eigenvalue weighted by Crippen LogP contribution is -1.99. The minimum Gasteiger partial charge on any atom is -0.474 e. The molecule has 0 fully saturated rings. The normalized spacial score (nSPS) is 16.6. The van der Waals surface area contributed by atoms with Crippen LogP contribution in [-0.4, -0.2) is 24.0 Å². The third-order valence-corrected chi connectivity index (χ3v) is 1.96. The second-order valence-corrected chi connectivity index (χ2v) is 2.77. The van der Waals surface area contributed by atoms with Gasteiger partial charge in [0.05, 0.1) is 6.54 Å². The maximum Gasteiger partial charge on any atom is 0.246 e. The molecule has 10 heavy (non-hydrogen) atoms. The highest BCUT2D eigenvalue weighted by molar-refractivity contribution is 7.11. The van der Waals surface area contributed by atoms with E-state index in [1.54, 1.807) is 17.5 Å². The van der Waals surface area contributed by atoms with Gasteiger partial charge in [-0.25, -0.2) is 9.98 Å². The fourth-order valence-corrected chi connectivity index (χ4v) is 1.39. The molecule has 0 unspecified atom stereocenters. The Hall–Kier alpha value is -0.900. The first-order valence-electron chi connectivity index (χ1n) is 3.04. The summed E-state index contributed by atoms with van der Waals surface area (Å²) in [5.41, 5.74) is 0. The van der Waals surface area contributed by atoms with E-state index in [1.165, 1.54) is 0 Å². The summed E-state index contributed by atoms with van der Waals surface area (Å²) < 4.78 is 5.20. The van der Waals surface area contributed by atoms with Gasteiger partial charge in [-0.15, -0.1) is 11.3 Å². The Labute approximate surface area is 62.4 Å². The summed E-state index contributed by atoms with van der Waals surface area (Å²) in [7, 11) is 0.